The molecule has 0 atom stereocenters. The molecule has 0 saturated carbocycles. The third kappa shape index (κ3) is 1.97. The highest BCUT2D eigenvalue weighted by molar-refractivity contribution is 5.39. The van der Waals surface area contributed by atoms with Gasteiger partial charge in [0, 0.05) is 18.3 Å². The number of nitrogens with zero attached hydrogens (tertiary/aromatic N) is 1. The first kappa shape index (κ1) is 10.4. The lowest BCUT2D eigenvalue weighted by atomic mass is 9.79. The zero-order valence-corrected chi connectivity index (χ0v) is 9.93. The molecule has 0 spiro atoms. The SMILES string of the molecule is C=C1CCc2c(C(C)(C)C)ccnc2C1. The first-order valence-corrected chi connectivity index (χ1v) is 5.62. The molecule has 0 aliphatic heterocycles. The second-order valence-corrected chi connectivity index (χ2v) is 5.46. The van der Waals surface area contributed by atoms with Crippen LogP contribution in [-0.4, -0.2) is 4.98 Å². The van der Waals surface area contributed by atoms with E-state index in [0.717, 1.165) is 19.3 Å². The number of rotatable bonds is 0. The molecule has 80 valence electrons. The summed E-state index contributed by atoms with van der Waals surface area (Å²) in [5.41, 5.74) is 5.73. The van der Waals surface area contributed by atoms with Gasteiger partial charge in [-0.1, -0.05) is 32.9 Å². The van der Waals surface area contributed by atoms with E-state index in [4.69, 9.17) is 0 Å². The maximum absolute atomic E-state index is 4.48. The quantitative estimate of drug-likeness (QED) is 0.586. The van der Waals surface area contributed by atoms with Gasteiger partial charge in [0.25, 0.3) is 0 Å². The van der Waals surface area contributed by atoms with Crippen molar-refractivity contribution in [3.8, 4) is 0 Å². The summed E-state index contributed by atoms with van der Waals surface area (Å²) in [5.74, 6) is 0. The molecule has 0 aromatic carbocycles. The molecule has 1 nitrogen and oxygen atoms in total. The third-order valence-corrected chi connectivity index (χ3v) is 3.10. The van der Waals surface area contributed by atoms with Gasteiger partial charge in [-0.3, -0.25) is 4.98 Å². The molecule has 1 heteroatoms. The predicted molar refractivity (Wildman–Crippen MR) is 64.1 cm³/mol. The monoisotopic (exact) mass is 201 g/mol. The molecule has 1 heterocycles. The Labute approximate surface area is 92.2 Å². The van der Waals surface area contributed by atoms with Crippen LogP contribution in [0.1, 0.15) is 44.0 Å². The molecule has 0 unspecified atom stereocenters. The highest BCUT2D eigenvalue weighted by atomic mass is 14.7. The Morgan fingerprint density at radius 2 is 2.00 bits per heavy atom. The van der Waals surface area contributed by atoms with Gasteiger partial charge in [-0.05, 0) is 35.4 Å². The van der Waals surface area contributed by atoms with Crippen LogP contribution in [0.5, 0.6) is 0 Å². The Morgan fingerprint density at radius 3 is 2.67 bits per heavy atom. The molecule has 1 aromatic heterocycles. The average molecular weight is 201 g/mol. The lowest BCUT2D eigenvalue weighted by molar-refractivity contribution is 0.575. The summed E-state index contributed by atoms with van der Waals surface area (Å²) < 4.78 is 0. The van der Waals surface area contributed by atoms with Crippen LogP contribution in [0.2, 0.25) is 0 Å². The standard InChI is InChI=1S/C14H19N/c1-10-5-6-11-12(14(2,3)4)7-8-15-13(11)9-10/h7-8H,1,5-6,9H2,2-4H3. The minimum absolute atomic E-state index is 0.228. The largest absolute Gasteiger partial charge is 0.261 e. The molecule has 15 heavy (non-hydrogen) atoms. The minimum Gasteiger partial charge on any atom is -0.261 e. The van der Waals surface area contributed by atoms with Gasteiger partial charge < -0.3 is 0 Å². The molecule has 1 aromatic rings. The molecule has 0 N–H and O–H groups in total. The first-order chi connectivity index (χ1) is 6.98. The maximum atomic E-state index is 4.48. The van der Waals surface area contributed by atoms with Crippen molar-refractivity contribution in [2.75, 3.05) is 0 Å². The van der Waals surface area contributed by atoms with E-state index < -0.39 is 0 Å². The first-order valence-electron chi connectivity index (χ1n) is 5.62. The summed E-state index contributed by atoms with van der Waals surface area (Å²) in [4.78, 5) is 4.48. The number of fused-ring (bicyclic) bond motifs is 1. The van der Waals surface area contributed by atoms with Crippen molar-refractivity contribution in [1.82, 2.24) is 4.98 Å². The minimum atomic E-state index is 0.228. The van der Waals surface area contributed by atoms with Crippen LogP contribution in [0, 0.1) is 0 Å². The predicted octanol–water partition coefficient (Wildman–Crippen LogP) is 3.42. The van der Waals surface area contributed by atoms with Gasteiger partial charge in [0.05, 0.1) is 0 Å². The molecule has 1 aliphatic carbocycles. The summed E-state index contributed by atoms with van der Waals surface area (Å²) >= 11 is 0. The van der Waals surface area contributed by atoms with Gasteiger partial charge in [-0.2, -0.15) is 0 Å². The van der Waals surface area contributed by atoms with E-state index in [1.807, 2.05) is 6.20 Å². The highest BCUT2D eigenvalue weighted by Crippen LogP contribution is 2.32. The summed E-state index contributed by atoms with van der Waals surface area (Å²) in [6.07, 6.45) is 5.16. The molecular weight excluding hydrogens is 182 g/mol. The van der Waals surface area contributed by atoms with Gasteiger partial charge in [0.15, 0.2) is 0 Å². The van der Waals surface area contributed by atoms with Gasteiger partial charge in [-0.25, -0.2) is 0 Å². The van der Waals surface area contributed by atoms with Crippen molar-refractivity contribution >= 4 is 0 Å². The maximum Gasteiger partial charge on any atom is 0.0478 e. The van der Waals surface area contributed by atoms with E-state index >= 15 is 0 Å². The summed E-state index contributed by atoms with van der Waals surface area (Å²) in [5, 5.41) is 0. The molecule has 1 aliphatic rings. The van der Waals surface area contributed by atoms with Crippen LogP contribution in [0.4, 0.5) is 0 Å². The van der Waals surface area contributed by atoms with Crippen LogP contribution in [-0.2, 0) is 18.3 Å². The van der Waals surface area contributed by atoms with Crippen LogP contribution >= 0.6 is 0 Å². The van der Waals surface area contributed by atoms with Gasteiger partial charge >= 0.3 is 0 Å². The van der Waals surface area contributed by atoms with Crippen molar-refractivity contribution < 1.29 is 0 Å². The molecule has 2 rings (SSSR count). The van der Waals surface area contributed by atoms with Gasteiger partial charge in [0.2, 0.25) is 0 Å². The fraction of sp³-hybridized carbons (Fsp3) is 0.500. The molecular formula is C14H19N. The second kappa shape index (κ2) is 3.48. The van der Waals surface area contributed by atoms with E-state index in [-0.39, 0.29) is 5.41 Å². The lowest BCUT2D eigenvalue weighted by Crippen LogP contribution is -2.19. The van der Waals surface area contributed by atoms with Gasteiger partial charge in [-0.15, -0.1) is 0 Å². The summed E-state index contributed by atoms with van der Waals surface area (Å²) in [6.45, 7) is 10.9. The topological polar surface area (TPSA) is 12.9 Å². The summed E-state index contributed by atoms with van der Waals surface area (Å²) in [6, 6.07) is 2.17. The Bertz CT molecular complexity index is 396. The number of allylic oxidation sites excluding steroid dienone is 1. The average Bonchev–Trinajstić information content (AvgIpc) is 2.15. The normalized spacial score (nSPS) is 16.3. The van der Waals surface area contributed by atoms with E-state index in [1.165, 1.54) is 22.4 Å². The van der Waals surface area contributed by atoms with E-state index in [2.05, 4.69) is 38.4 Å². The van der Waals surface area contributed by atoms with Crippen molar-refractivity contribution in [2.24, 2.45) is 0 Å². The highest BCUT2D eigenvalue weighted by Gasteiger charge is 2.22. The van der Waals surface area contributed by atoms with Gasteiger partial charge in [0.1, 0.15) is 0 Å². The fourth-order valence-electron chi connectivity index (χ4n) is 2.30. The number of aromatic nitrogens is 1. The second-order valence-electron chi connectivity index (χ2n) is 5.46. The number of hydrogen-bond donors (Lipinski definition) is 0. The van der Waals surface area contributed by atoms with Crippen molar-refractivity contribution in [1.29, 1.82) is 0 Å². The number of pyridine rings is 1. The van der Waals surface area contributed by atoms with E-state index in [1.54, 1.807) is 0 Å². The Morgan fingerprint density at radius 1 is 1.27 bits per heavy atom. The van der Waals surface area contributed by atoms with Crippen molar-refractivity contribution in [3.63, 3.8) is 0 Å². The summed E-state index contributed by atoms with van der Waals surface area (Å²) in [7, 11) is 0. The Kier molecular flexibility index (Phi) is 2.41. The fourth-order valence-corrected chi connectivity index (χ4v) is 2.30. The zero-order valence-electron chi connectivity index (χ0n) is 9.93. The Hall–Kier alpha value is -1.11. The molecule has 0 fully saturated rings. The molecule has 0 saturated heterocycles. The smallest absolute Gasteiger partial charge is 0.0478 e. The third-order valence-electron chi connectivity index (χ3n) is 3.10. The van der Waals surface area contributed by atoms with E-state index in [9.17, 15) is 0 Å². The van der Waals surface area contributed by atoms with E-state index in [0.29, 0.717) is 0 Å². The van der Waals surface area contributed by atoms with Crippen LogP contribution < -0.4 is 0 Å². The molecule has 0 radical (unpaired) electrons. The van der Waals surface area contributed by atoms with Crippen LogP contribution in [0.15, 0.2) is 24.4 Å². The Balaban J connectivity index is 2.51. The number of hydrogen-bond acceptors (Lipinski definition) is 1. The lowest BCUT2D eigenvalue weighted by Gasteiger charge is -2.27. The van der Waals surface area contributed by atoms with Crippen molar-refractivity contribution in [3.05, 3.63) is 41.2 Å². The molecule has 0 bridgehead atoms. The zero-order chi connectivity index (χ0) is 11.1. The van der Waals surface area contributed by atoms with Crippen molar-refractivity contribution in [2.45, 2.75) is 45.4 Å². The van der Waals surface area contributed by atoms with Crippen LogP contribution in [0.3, 0.4) is 0 Å². The van der Waals surface area contributed by atoms with Crippen LogP contribution in [0.25, 0.3) is 0 Å². The molecule has 0 amide bonds.